The van der Waals surface area contributed by atoms with Crippen LogP contribution in [0.4, 0.5) is 13.2 Å². The predicted octanol–water partition coefficient (Wildman–Crippen LogP) is 3.76. The number of carbonyl (C=O) groups excluding carboxylic acids is 1. The van der Waals surface area contributed by atoms with Crippen LogP contribution in [0.15, 0.2) is 47.4 Å². The molecule has 1 aromatic carbocycles. The topological polar surface area (TPSA) is 74.8 Å². The first-order valence-corrected chi connectivity index (χ1v) is 8.68. The summed E-state index contributed by atoms with van der Waals surface area (Å²) in [6.45, 7) is 1.79. The fraction of sp³-hybridized carbons (Fsp3) is 0.167. The van der Waals surface area contributed by atoms with E-state index in [1.165, 1.54) is 6.92 Å². The van der Waals surface area contributed by atoms with Crippen molar-refractivity contribution >= 4 is 17.2 Å². The zero-order valence-corrected chi connectivity index (χ0v) is 14.9. The number of amides is 1. The average Bonchev–Trinajstić information content (AvgIpc) is 3.01. The highest BCUT2D eigenvalue weighted by Crippen LogP contribution is 2.36. The number of aryl methyl sites for hydroxylation is 1. The lowest BCUT2D eigenvalue weighted by atomic mass is 10.1. The summed E-state index contributed by atoms with van der Waals surface area (Å²) in [5.74, 6) is -0.457. The molecular weight excluding hydrogens is 379 g/mol. The molecule has 2 aromatic heterocycles. The second kappa shape index (κ2) is 7.36. The van der Waals surface area contributed by atoms with E-state index in [1.807, 2.05) is 30.3 Å². The van der Waals surface area contributed by atoms with Gasteiger partial charge >= 0.3 is 6.18 Å². The van der Waals surface area contributed by atoms with Gasteiger partial charge in [-0.25, -0.2) is 4.98 Å². The van der Waals surface area contributed by atoms with Crippen molar-refractivity contribution in [1.82, 2.24) is 15.3 Å². The smallest absolute Gasteiger partial charge is 0.347 e. The quantitative estimate of drug-likeness (QED) is 0.709. The predicted molar refractivity (Wildman–Crippen MR) is 95.5 cm³/mol. The van der Waals surface area contributed by atoms with Crippen LogP contribution < -0.4 is 10.9 Å². The van der Waals surface area contributed by atoms with Crippen molar-refractivity contribution in [1.29, 1.82) is 0 Å². The van der Waals surface area contributed by atoms with Crippen molar-refractivity contribution in [3.05, 3.63) is 74.6 Å². The van der Waals surface area contributed by atoms with Gasteiger partial charge in [0.05, 0.1) is 16.8 Å². The molecule has 27 heavy (non-hydrogen) atoms. The Morgan fingerprint density at radius 2 is 1.93 bits per heavy atom. The molecule has 5 nitrogen and oxygen atoms in total. The van der Waals surface area contributed by atoms with Crippen LogP contribution >= 0.6 is 11.3 Å². The van der Waals surface area contributed by atoms with Crippen LogP contribution in [0.2, 0.25) is 0 Å². The van der Waals surface area contributed by atoms with Crippen LogP contribution in [0.25, 0.3) is 10.6 Å². The molecule has 2 heterocycles. The third kappa shape index (κ3) is 4.08. The average molecular weight is 393 g/mol. The lowest BCUT2D eigenvalue weighted by Crippen LogP contribution is -2.22. The molecular formula is C18H14F3N3O2S. The first-order chi connectivity index (χ1) is 12.8. The maximum atomic E-state index is 13.2. The highest BCUT2D eigenvalue weighted by Gasteiger charge is 2.36. The van der Waals surface area contributed by atoms with E-state index in [2.05, 4.69) is 15.3 Å². The molecule has 2 N–H and O–H groups in total. The Morgan fingerprint density at radius 3 is 2.59 bits per heavy atom. The van der Waals surface area contributed by atoms with Crippen molar-refractivity contribution in [3.8, 4) is 10.6 Å². The molecule has 1 amide bonds. The van der Waals surface area contributed by atoms with Crippen molar-refractivity contribution in [2.75, 3.05) is 0 Å². The van der Waals surface area contributed by atoms with Crippen LogP contribution in [0.5, 0.6) is 0 Å². The van der Waals surface area contributed by atoms with Crippen LogP contribution in [-0.2, 0) is 12.7 Å². The van der Waals surface area contributed by atoms with E-state index in [0.29, 0.717) is 0 Å². The number of thiazole rings is 1. The SMILES string of the molecule is Cc1nc(-c2c(C(F)(F)F)cc[nH]c2=O)sc1C(=O)NCc1ccccc1. The molecule has 0 aliphatic heterocycles. The summed E-state index contributed by atoms with van der Waals surface area (Å²) < 4.78 is 39.7. The number of benzene rings is 1. The third-order valence-electron chi connectivity index (χ3n) is 3.78. The molecule has 0 saturated heterocycles. The van der Waals surface area contributed by atoms with Gasteiger partial charge in [-0.1, -0.05) is 30.3 Å². The zero-order chi connectivity index (χ0) is 19.6. The molecule has 3 aromatic rings. The lowest BCUT2D eigenvalue weighted by molar-refractivity contribution is -0.137. The van der Waals surface area contributed by atoms with E-state index in [1.54, 1.807) is 0 Å². The van der Waals surface area contributed by atoms with Crippen molar-refractivity contribution in [3.63, 3.8) is 0 Å². The Balaban J connectivity index is 1.92. The Hall–Kier alpha value is -2.94. The van der Waals surface area contributed by atoms with Gasteiger partial charge in [0.2, 0.25) is 0 Å². The van der Waals surface area contributed by atoms with E-state index in [0.717, 1.165) is 29.2 Å². The van der Waals surface area contributed by atoms with Gasteiger partial charge in [-0.3, -0.25) is 9.59 Å². The van der Waals surface area contributed by atoms with Crippen LogP contribution in [0.1, 0.15) is 26.5 Å². The van der Waals surface area contributed by atoms with Gasteiger partial charge in [0.15, 0.2) is 0 Å². The summed E-state index contributed by atoms with van der Waals surface area (Å²) in [6.07, 6.45) is -3.78. The number of aromatic amines is 1. The van der Waals surface area contributed by atoms with E-state index in [9.17, 15) is 22.8 Å². The number of halogens is 3. The number of carbonyl (C=O) groups is 1. The van der Waals surface area contributed by atoms with E-state index < -0.39 is 28.8 Å². The maximum Gasteiger partial charge on any atom is 0.417 e. The number of hydrogen-bond donors (Lipinski definition) is 2. The fourth-order valence-electron chi connectivity index (χ4n) is 2.50. The number of hydrogen-bond acceptors (Lipinski definition) is 4. The molecule has 0 saturated carbocycles. The standard InChI is InChI=1S/C18H14F3N3O2S/c1-10-14(16(26)23-9-11-5-3-2-4-6-11)27-17(24-10)13-12(18(19,20)21)7-8-22-15(13)25/h2-8H,9H2,1H3,(H,22,25)(H,23,26). The minimum Gasteiger partial charge on any atom is -0.347 e. The monoisotopic (exact) mass is 393 g/mol. The lowest BCUT2D eigenvalue weighted by Gasteiger charge is -2.09. The summed E-state index contributed by atoms with van der Waals surface area (Å²) >= 11 is 0.757. The number of rotatable bonds is 4. The molecule has 3 rings (SSSR count). The molecule has 0 aliphatic carbocycles. The van der Waals surface area contributed by atoms with Crippen molar-refractivity contribution < 1.29 is 18.0 Å². The number of alkyl halides is 3. The normalized spacial score (nSPS) is 11.4. The number of aromatic nitrogens is 2. The van der Waals surface area contributed by atoms with Crippen molar-refractivity contribution in [2.45, 2.75) is 19.6 Å². The molecule has 0 aliphatic rings. The van der Waals surface area contributed by atoms with E-state index >= 15 is 0 Å². The summed E-state index contributed by atoms with van der Waals surface area (Å²) in [6, 6.07) is 9.97. The number of nitrogens with zero attached hydrogens (tertiary/aromatic N) is 1. The summed E-state index contributed by atoms with van der Waals surface area (Å²) in [4.78, 5) is 30.8. The van der Waals surface area contributed by atoms with E-state index in [4.69, 9.17) is 0 Å². The van der Waals surface area contributed by atoms with Gasteiger partial charge < -0.3 is 10.3 Å². The highest BCUT2D eigenvalue weighted by molar-refractivity contribution is 7.17. The van der Waals surface area contributed by atoms with Gasteiger partial charge in [-0.2, -0.15) is 13.2 Å². The number of nitrogens with one attached hydrogen (secondary N) is 2. The van der Waals surface area contributed by atoms with Crippen LogP contribution in [0, 0.1) is 6.92 Å². The third-order valence-corrected chi connectivity index (χ3v) is 4.95. The molecule has 140 valence electrons. The van der Waals surface area contributed by atoms with Crippen molar-refractivity contribution in [2.24, 2.45) is 0 Å². The number of pyridine rings is 1. The van der Waals surface area contributed by atoms with Crippen LogP contribution in [-0.4, -0.2) is 15.9 Å². The first-order valence-electron chi connectivity index (χ1n) is 7.86. The molecule has 0 unspecified atom stereocenters. The molecule has 9 heteroatoms. The fourth-order valence-corrected chi connectivity index (χ4v) is 3.54. The second-order valence-electron chi connectivity index (χ2n) is 5.70. The zero-order valence-electron chi connectivity index (χ0n) is 14.1. The molecule has 0 atom stereocenters. The molecule has 0 fully saturated rings. The van der Waals surface area contributed by atoms with Gasteiger partial charge in [-0.15, -0.1) is 11.3 Å². The molecule has 0 bridgehead atoms. The van der Waals surface area contributed by atoms with Gasteiger partial charge in [0, 0.05) is 12.7 Å². The van der Waals surface area contributed by atoms with Gasteiger partial charge in [-0.05, 0) is 18.6 Å². The Labute approximate surface area is 155 Å². The number of H-pyrrole nitrogens is 1. The highest BCUT2D eigenvalue weighted by atomic mass is 32.1. The summed E-state index contributed by atoms with van der Waals surface area (Å²) in [5.41, 5.74) is -1.43. The second-order valence-corrected chi connectivity index (χ2v) is 6.69. The van der Waals surface area contributed by atoms with E-state index in [-0.39, 0.29) is 22.1 Å². The van der Waals surface area contributed by atoms with Gasteiger partial charge in [0.25, 0.3) is 11.5 Å². The molecule has 0 spiro atoms. The minimum absolute atomic E-state index is 0.147. The Bertz CT molecular complexity index is 1030. The van der Waals surface area contributed by atoms with Crippen LogP contribution in [0.3, 0.4) is 0 Å². The Morgan fingerprint density at radius 1 is 1.22 bits per heavy atom. The first kappa shape index (κ1) is 18.8. The largest absolute Gasteiger partial charge is 0.417 e. The minimum atomic E-state index is -4.71. The van der Waals surface area contributed by atoms with Gasteiger partial charge in [0.1, 0.15) is 9.88 Å². The molecule has 0 radical (unpaired) electrons. The maximum absolute atomic E-state index is 13.2. The Kier molecular flexibility index (Phi) is 5.13. The summed E-state index contributed by atoms with van der Waals surface area (Å²) in [5, 5.41) is 2.56. The summed E-state index contributed by atoms with van der Waals surface area (Å²) in [7, 11) is 0.